The predicted octanol–water partition coefficient (Wildman–Crippen LogP) is 4.46. The number of Topliss-reactive ketones (excluding diaryl/α,β-unsaturated/α-hetero) is 1. The molecule has 150 valence electrons. The average molecular weight is 383 g/mol. The Morgan fingerprint density at radius 3 is 2.50 bits per heavy atom. The van der Waals surface area contributed by atoms with Crippen molar-refractivity contribution in [3.05, 3.63) is 41.0 Å². The molecule has 2 aliphatic heterocycles. The van der Waals surface area contributed by atoms with Crippen molar-refractivity contribution in [1.82, 2.24) is 4.90 Å². The molecule has 0 unspecified atom stereocenters. The summed E-state index contributed by atoms with van der Waals surface area (Å²) in [5.74, 6) is 0.634. The summed E-state index contributed by atoms with van der Waals surface area (Å²) in [5, 5.41) is 0. The molecule has 2 heterocycles. The molecule has 1 fully saturated rings. The number of carbonyl (C=O) groups is 2. The van der Waals surface area contributed by atoms with Crippen LogP contribution in [0.15, 0.2) is 29.8 Å². The first-order valence-corrected chi connectivity index (χ1v) is 10.2. The number of fused-ring (bicyclic) bond motifs is 2. The van der Waals surface area contributed by atoms with Gasteiger partial charge in [0.15, 0.2) is 5.78 Å². The van der Waals surface area contributed by atoms with E-state index < -0.39 is 5.60 Å². The summed E-state index contributed by atoms with van der Waals surface area (Å²) in [6.45, 7) is 7.66. The number of hydrogen-bond donors (Lipinski definition) is 0. The molecule has 0 spiro atoms. The van der Waals surface area contributed by atoms with E-state index in [2.05, 4.69) is 0 Å². The minimum absolute atomic E-state index is 0.137. The van der Waals surface area contributed by atoms with E-state index in [-0.39, 0.29) is 18.0 Å². The van der Waals surface area contributed by atoms with Gasteiger partial charge in [-0.25, -0.2) is 4.79 Å². The van der Waals surface area contributed by atoms with Crippen LogP contribution in [-0.4, -0.2) is 48.2 Å². The second-order valence-corrected chi connectivity index (χ2v) is 9.09. The molecule has 1 aromatic rings. The van der Waals surface area contributed by atoms with E-state index in [1.54, 1.807) is 4.90 Å². The summed E-state index contributed by atoms with van der Waals surface area (Å²) in [6.07, 6.45) is 3.08. The molecule has 1 aliphatic carbocycles. The Morgan fingerprint density at radius 1 is 1.14 bits per heavy atom. The Labute approximate surface area is 166 Å². The zero-order valence-electron chi connectivity index (χ0n) is 17.0. The number of rotatable bonds is 1. The maximum atomic E-state index is 12.5. The van der Waals surface area contributed by atoms with Gasteiger partial charge in [0.25, 0.3) is 0 Å². The fourth-order valence-electron chi connectivity index (χ4n) is 4.53. The normalized spacial score (nSPS) is 23.3. The molecule has 0 radical (unpaired) electrons. The Balaban J connectivity index is 1.39. The zero-order valence-corrected chi connectivity index (χ0v) is 17.0. The van der Waals surface area contributed by atoms with E-state index in [1.165, 1.54) is 11.1 Å². The molecule has 5 heteroatoms. The van der Waals surface area contributed by atoms with Gasteiger partial charge in [0.05, 0.1) is 12.7 Å². The van der Waals surface area contributed by atoms with Crippen LogP contribution >= 0.6 is 0 Å². The molecule has 28 heavy (non-hydrogen) atoms. The van der Waals surface area contributed by atoms with Crippen LogP contribution in [0.3, 0.4) is 0 Å². The predicted molar refractivity (Wildman–Crippen MR) is 107 cm³/mol. The highest BCUT2D eigenvalue weighted by molar-refractivity contribution is 6.06. The summed E-state index contributed by atoms with van der Waals surface area (Å²) in [7, 11) is 0. The fraction of sp³-hybridized carbons (Fsp3) is 0.565. The highest BCUT2D eigenvalue weighted by Gasteiger charge is 2.36. The van der Waals surface area contributed by atoms with Gasteiger partial charge in [-0.15, -0.1) is 0 Å². The van der Waals surface area contributed by atoms with Crippen LogP contribution in [0.25, 0.3) is 5.57 Å². The van der Waals surface area contributed by atoms with E-state index in [0.29, 0.717) is 32.0 Å². The molecule has 3 aliphatic rings. The van der Waals surface area contributed by atoms with Crippen molar-refractivity contribution < 1.29 is 19.1 Å². The Hall–Kier alpha value is -2.14. The molecule has 0 aromatic heterocycles. The van der Waals surface area contributed by atoms with E-state index in [4.69, 9.17) is 9.47 Å². The quantitative estimate of drug-likeness (QED) is 0.718. The van der Waals surface area contributed by atoms with Crippen molar-refractivity contribution in [2.24, 2.45) is 5.92 Å². The lowest BCUT2D eigenvalue weighted by atomic mass is 9.78. The van der Waals surface area contributed by atoms with Crippen LogP contribution in [0, 0.1) is 5.92 Å². The van der Waals surface area contributed by atoms with Crippen LogP contribution in [0.5, 0.6) is 0 Å². The van der Waals surface area contributed by atoms with E-state index in [9.17, 15) is 9.59 Å². The van der Waals surface area contributed by atoms with Crippen molar-refractivity contribution in [2.45, 2.75) is 58.2 Å². The molecule has 1 saturated heterocycles. The summed E-state index contributed by atoms with van der Waals surface area (Å²) in [4.78, 5) is 26.6. The molecule has 1 aromatic carbocycles. The number of hydrogen-bond acceptors (Lipinski definition) is 4. The van der Waals surface area contributed by atoms with Crippen LogP contribution in [0.1, 0.15) is 62.4 Å². The lowest BCUT2D eigenvalue weighted by Crippen LogP contribution is -2.44. The molecular weight excluding hydrogens is 354 g/mol. The van der Waals surface area contributed by atoms with Gasteiger partial charge in [0.1, 0.15) is 5.60 Å². The third-order valence-electron chi connectivity index (χ3n) is 5.96. The lowest BCUT2D eigenvalue weighted by Gasteiger charge is -2.39. The van der Waals surface area contributed by atoms with Crippen molar-refractivity contribution >= 4 is 17.4 Å². The monoisotopic (exact) mass is 383 g/mol. The van der Waals surface area contributed by atoms with Gasteiger partial charge in [0.2, 0.25) is 0 Å². The topological polar surface area (TPSA) is 55.8 Å². The number of benzene rings is 1. The molecule has 5 nitrogen and oxygen atoms in total. The largest absolute Gasteiger partial charge is 0.444 e. The number of piperidine rings is 1. The van der Waals surface area contributed by atoms with Crippen LogP contribution < -0.4 is 0 Å². The van der Waals surface area contributed by atoms with Gasteiger partial charge in [0, 0.05) is 25.1 Å². The number of amides is 1. The molecular formula is C23H29NO4. The lowest BCUT2D eigenvalue weighted by molar-refractivity contribution is -0.0124. The SMILES string of the molecule is CC(C)(C)OC(=O)N1CCC([C@H]2CC3=C(CO2)c2ccccc2C(=O)C3)CC1. The van der Waals surface area contributed by atoms with Gasteiger partial charge in [-0.3, -0.25) is 4.79 Å². The van der Waals surface area contributed by atoms with E-state index in [0.717, 1.165) is 30.4 Å². The Morgan fingerprint density at radius 2 is 1.82 bits per heavy atom. The maximum Gasteiger partial charge on any atom is 0.410 e. The molecule has 1 amide bonds. The van der Waals surface area contributed by atoms with Crippen LogP contribution in [0.2, 0.25) is 0 Å². The first-order chi connectivity index (χ1) is 13.3. The van der Waals surface area contributed by atoms with Crippen molar-refractivity contribution in [1.29, 1.82) is 0 Å². The maximum absolute atomic E-state index is 12.5. The number of carbonyl (C=O) groups excluding carboxylic acids is 2. The average Bonchev–Trinajstić information content (AvgIpc) is 2.67. The molecule has 1 atom stereocenters. The fourth-order valence-corrected chi connectivity index (χ4v) is 4.53. The standard InChI is InChI=1S/C23H29NO4/c1-23(2,3)28-22(26)24-10-8-15(9-11-24)21-13-16-12-20(25)18-7-5-4-6-17(18)19(16)14-27-21/h4-7,15,21H,8-14H2,1-3H3/t21-/m1/s1. The first kappa shape index (κ1) is 19.2. The third-order valence-corrected chi connectivity index (χ3v) is 5.96. The van der Waals surface area contributed by atoms with Crippen molar-refractivity contribution in [2.75, 3.05) is 19.7 Å². The van der Waals surface area contributed by atoms with Crippen LogP contribution in [-0.2, 0) is 9.47 Å². The highest BCUT2D eigenvalue weighted by atomic mass is 16.6. The summed E-state index contributed by atoms with van der Waals surface area (Å²) < 4.78 is 11.7. The van der Waals surface area contributed by atoms with Gasteiger partial charge in [-0.2, -0.15) is 0 Å². The summed E-state index contributed by atoms with van der Waals surface area (Å²) in [5.41, 5.74) is 3.86. The van der Waals surface area contributed by atoms with Gasteiger partial charge in [-0.05, 0) is 57.1 Å². The van der Waals surface area contributed by atoms with E-state index >= 15 is 0 Å². The van der Waals surface area contributed by atoms with E-state index in [1.807, 2.05) is 45.0 Å². The minimum atomic E-state index is -0.465. The summed E-state index contributed by atoms with van der Waals surface area (Å²) >= 11 is 0. The molecule has 4 rings (SSSR count). The van der Waals surface area contributed by atoms with Crippen LogP contribution in [0.4, 0.5) is 4.79 Å². The second kappa shape index (κ2) is 7.36. The second-order valence-electron chi connectivity index (χ2n) is 9.09. The van der Waals surface area contributed by atoms with Gasteiger partial charge < -0.3 is 14.4 Å². The number of likely N-dealkylation sites (tertiary alicyclic amines) is 1. The van der Waals surface area contributed by atoms with Crippen molar-refractivity contribution in [3.8, 4) is 0 Å². The number of ether oxygens (including phenoxy) is 2. The first-order valence-electron chi connectivity index (χ1n) is 10.2. The molecule has 0 saturated carbocycles. The van der Waals surface area contributed by atoms with Crippen molar-refractivity contribution in [3.63, 3.8) is 0 Å². The third kappa shape index (κ3) is 3.86. The number of ketones is 1. The van der Waals surface area contributed by atoms with Gasteiger partial charge in [-0.1, -0.05) is 29.8 Å². The highest BCUT2D eigenvalue weighted by Crippen LogP contribution is 2.40. The minimum Gasteiger partial charge on any atom is -0.444 e. The molecule has 0 N–H and O–H groups in total. The Bertz CT molecular complexity index is 812. The van der Waals surface area contributed by atoms with Gasteiger partial charge >= 0.3 is 6.09 Å². The summed E-state index contributed by atoms with van der Waals surface area (Å²) in [6, 6.07) is 7.86. The number of nitrogens with zero attached hydrogens (tertiary/aromatic N) is 1. The molecule has 0 bridgehead atoms. The smallest absolute Gasteiger partial charge is 0.410 e. The Kier molecular flexibility index (Phi) is 5.04. The zero-order chi connectivity index (χ0) is 19.9.